The van der Waals surface area contributed by atoms with Crippen LogP contribution in [0.4, 0.5) is 0 Å². The average molecular weight is 455 g/mol. The number of amides is 1. The zero-order chi connectivity index (χ0) is 22.2. The second-order valence-electron chi connectivity index (χ2n) is 9.90. The number of nitrogens with zero attached hydrogens (tertiary/aromatic N) is 1. The molecule has 172 valence electrons. The van der Waals surface area contributed by atoms with Gasteiger partial charge in [-0.05, 0) is 68.0 Å². The lowest BCUT2D eigenvalue weighted by atomic mass is 9.86. The van der Waals surface area contributed by atoms with Crippen LogP contribution in [0.15, 0.2) is 46.9 Å². The number of hydrogen-bond donors (Lipinski definition) is 1. The van der Waals surface area contributed by atoms with Crippen LogP contribution in [-0.4, -0.2) is 30.4 Å². The third kappa shape index (κ3) is 5.02. The summed E-state index contributed by atoms with van der Waals surface area (Å²) in [5.74, 6) is 0.283. The summed E-state index contributed by atoms with van der Waals surface area (Å²) in [5.41, 5.74) is 5.52. The number of likely N-dealkylation sites (tertiary alicyclic amines) is 1. The molecule has 1 saturated heterocycles. The van der Waals surface area contributed by atoms with Crippen molar-refractivity contribution in [3.05, 3.63) is 70.5 Å². The van der Waals surface area contributed by atoms with Gasteiger partial charge in [-0.1, -0.05) is 57.2 Å². The van der Waals surface area contributed by atoms with Gasteiger partial charge in [0.05, 0.1) is 6.04 Å². The third-order valence-corrected chi connectivity index (χ3v) is 6.50. The van der Waals surface area contributed by atoms with Crippen LogP contribution in [0, 0.1) is 13.8 Å². The standard InChI is InChI=1S/C27H34N2O2.ClH/c1-18-8-13-22-19(2)25(31-24(22)16-18)26(30)28-17-23(29-14-6-7-15-29)20-9-11-21(12-10-20)27(3,4)5;/h8-13,16,23H,6-7,14-15,17H2,1-5H3,(H,28,30);1H. The van der Waals surface area contributed by atoms with E-state index in [1.165, 1.54) is 24.0 Å². The lowest BCUT2D eigenvalue weighted by Crippen LogP contribution is -2.37. The van der Waals surface area contributed by atoms with Gasteiger partial charge in [-0.2, -0.15) is 0 Å². The highest BCUT2D eigenvalue weighted by molar-refractivity contribution is 5.99. The molecule has 0 bridgehead atoms. The summed E-state index contributed by atoms with van der Waals surface area (Å²) in [7, 11) is 0. The van der Waals surface area contributed by atoms with Gasteiger partial charge in [0, 0.05) is 17.5 Å². The van der Waals surface area contributed by atoms with E-state index in [0.29, 0.717) is 12.3 Å². The van der Waals surface area contributed by atoms with Gasteiger partial charge >= 0.3 is 0 Å². The van der Waals surface area contributed by atoms with E-state index in [0.717, 1.165) is 35.2 Å². The van der Waals surface area contributed by atoms with Crippen molar-refractivity contribution in [2.75, 3.05) is 19.6 Å². The van der Waals surface area contributed by atoms with E-state index in [4.69, 9.17) is 4.42 Å². The summed E-state index contributed by atoms with van der Waals surface area (Å²) in [6.07, 6.45) is 2.43. The molecule has 0 aliphatic carbocycles. The van der Waals surface area contributed by atoms with E-state index in [1.807, 2.05) is 26.0 Å². The minimum absolute atomic E-state index is 0. The summed E-state index contributed by atoms with van der Waals surface area (Å²) in [5, 5.41) is 4.17. The Labute approximate surface area is 197 Å². The van der Waals surface area contributed by atoms with E-state index in [1.54, 1.807) is 0 Å². The number of carbonyl (C=O) groups excluding carboxylic acids is 1. The fourth-order valence-electron chi connectivity index (χ4n) is 4.54. The molecule has 1 aliphatic rings. The SMILES string of the molecule is Cc1ccc2c(C)c(C(=O)NCC(c3ccc(C(C)(C)C)cc3)N3CCCC3)oc2c1.Cl. The molecule has 3 aromatic rings. The maximum Gasteiger partial charge on any atom is 0.287 e. The van der Waals surface area contributed by atoms with Gasteiger partial charge in [-0.15, -0.1) is 12.4 Å². The Balaban J connectivity index is 0.00000289. The number of benzene rings is 2. The Kier molecular flexibility index (Phi) is 7.36. The van der Waals surface area contributed by atoms with Gasteiger partial charge in [0.2, 0.25) is 0 Å². The lowest BCUT2D eigenvalue weighted by molar-refractivity contribution is 0.0911. The minimum atomic E-state index is -0.137. The summed E-state index contributed by atoms with van der Waals surface area (Å²) in [4.78, 5) is 15.5. The van der Waals surface area contributed by atoms with Crippen LogP contribution in [-0.2, 0) is 5.41 Å². The molecular weight excluding hydrogens is 420 g/mol. The summed E-state index contributed by atoms with van der Waals surface area (Å²) >= 11 is 0. The van der Waals surface area contributed by atoms with Gasteiger partial charge in [0.1, 0.15) is 5.58 Å². The molecular formula is C27H35ClN2O2. The monoisotopic (exact) mass is 454 g/mol. The quantitative estimate of drug-likeness (QED) is 0.489. The van der Waals surface area contributed by atoms with Crippen LogP contribution in [0.25, 0.3) is 11.0 Å². The van der Waals surface area contributed by atoms with Crippen LogP contribution >= 0.6 is 12.4 Å². The van der Waals surface area contributed by atoms with Gasteiger partial charge in [0.25, 0.3) is 5.91 Å². The van der Waals surface area contributed by atoms with Crippen molar-refractivity contribution in [3.8, 4) is 0 Å². The highest BCUT2D eigenvalue weighted by Gasteiger charge is 2.26. The van der Waals surface area contributed by atoms with Crippen LogP contribution in [0.5, 0.6) is 0 Å². The first-order valence-electron chi connectivity index (χ1n) is 11.4. The molecule has 2 heterocycles. The first-order chi connectivity index (χ1) is 14.7. The van der Waals surface area contributed by atoms with Crippen molar-refractivity contribution >= 4 is 29.3 Å². The molecule has 32 heavy (non-hydrogen) atoms. The molecule has 1 aliphatic heterocycles. The molecule has 1 unspecified atom stereocenters. The van der Waals surface area contributed by atoms with Gasteiger partial charge in [-0.25, -0.2) is 0 Å². The van der Waals surface area contributed by atoms with E-state index >= 15 is 0 Å². The number of aryl methyl sites for hydroxylation is 2. The number of nitrogens with one attached hydrogen (secondary N) is 1. The van der Waals surface area contributed by atoms with E-state index in [9.17, 15) is 4.79 Å². The second-order valence-corrected chi connectivity index (χ2v) is 9.90. The molecule has 0 radical (unpaired) electrons. The first kappa shape index (κ1) is 24.3. The van der Waals surface area contributed by atoms with Crippen molar-refractivity contribution in [2.24, 2.45) is 0 Å². The average Bonchev–Trinajstić information content (AvgIpc) is 3.36. The molecule has 0 saturated carbocycles. The number of halogens is 1. The fraction of sp³-hybridized carbons (Fsp3) is 0.444. The van der Waals surface area contributed by atoms with Crippen LogP contribution in [0.1, 0.15) is 72.5 Å². The largest absolute Gasteiger partial charge is 0.451 e. The predicted octanol–water partition coefficient (Wildman–Crippen LogP) is 6.34. The van der Waals surface area contributed by atoms with E-state index in [2.05, 4.69) is 61.3 Å². The number of rotatable bonds is 5. The Morgan fingerprint density at radius 2 is 1.72 bits per heavy atom. The van der Waals surface area contributed by atoms with Crippen molar-refractivity contribution in [3.63, 3.8) is 0 Å². The summed E-state index contributed by atoms with van der Waals surface area (Å²) < 4.78 is 5.93. The maximum atomic E-state index is 13.0. The normalized spacial score (nSPS) is 15.5. The maximum absolute atomic E-state index is 13.0. The smallest absolute Gasteiger partial charge is 0.287 e. The van der Waals surface area contributed by atoms with Gasteiger partial charge < -0.3 is 9.73 Å². The molecule has 1 N–H and O–H groups in total. The Hall–Kier alpha value is -2.30. The Morgan fingerprint density at radius 1 is 1.06 bits per heavy atom. The fourth-order valence-corrected chi connectivity index (χ4v) is 4.54. The van der Waals surface area contributed by atoms with Crippen molar-refractivity contribution in [2.45, 2.75) is 58.9 Å². The number of carbonyl (C=O) groups is 1. The van der Waals surface area contributed by atoms with Crippen molar-refractivity contribution in [1.82, 2.24) is 10.2 Å². The topological polar surface area (TPSA) is 45.5 Å². The second kappa shape index (κ2) is 9.68. The molecule has 4 nitrogen and oxygen atoms in total. The van der Waals surface area contributed by atoms with Crippen molar-refractivity contribution in [1.29, 1.82) is 0 Å². The zero-order valence-electron chi connectivity index (χ0n) is 19.8. The summed E-state index contributed by atoms with van der Waals surface area (Å²) in [6.45, 7) is 13.4. The third-order valence-electron chi connectivity index (χ3n) is 6.50. The van der Waals surface area contributed by atoms with Crippen LogP contribution in [0.3, 0.4) is 0 Å². The zero-order valence-corrected chi connectivity index (χ0v) is 20.6. The van der Waals surface area contributed by atoms with Gasteiger partial charge in [-0.3, -0.25) is 9.69 Å². The van der Waals surface area contributed by atoms with E-state index < -0.39 is 0 Å². The first-order valence-corrected chi connectivity index (χ1v) is 11.4. The molecule has 1 atom stereocenters. The summed E-state index contributed by atoms with van der Waals surface area (Å²) in [6, 6.07) is 15.2. The highest BCUT2D eigenvalue weighted by Crippen LogP contribution is 2.29. The lowest BCUT2D eigenvalue weighted by Gasteiger charge is -2.29. The minimum Gasteiger partial charge on any atom is -0.451 e. The number of hydrogen-bond acceptors (Lipinski definition) is 3. The van der Waals surface area contributed by atoms with E-state index in [-0.39, 0.29) is 29.8 Å². The molecule has 1 fully saturated rings. The number of fused-ring (bicyclic) bond motifs is 1. The predicted molar refractivity (Wildman–Crippen MR) is 134 cm³/mol. The molecule has 1 amide bonds. The molecule has 4 rings (SSSR count). The molecule has 1 aromatic heterocycles. The highest BCUT2D eigenvalue weighted by atomic mass is 35.5. The van der Waals surface area contributed by atoms with Crippen LogP contribution in [0.2, 0.25) is 0 Å². The Bertz CT molecular complexity index is 1070. The molecule has 5 heteroatoms. The molecule has 0 spiro atoms. The van der Waals surface area contributed by atoms with Crippen molar-refractivity contribution < 1.29 is 9.21 Å². The Morgan fingerprint density at radius 3 is 2.34 bits per heavy atom. The van der Waals surface area contributed by atoms with Gasteiger partial charge in [0.15, 0.2) is 5.76 Å². The molecule has 2 aromatic carbocycles. The number of furan rings is 1. The van der Waals surface area contributed by atoms with Crippen LogP contribution < -0.4 is 5.32 Å².